The zero-order valence-electron chi connectivity index (χ0n) is 20.7. The van der Waals surface area contributed by atoms with E-state index < -0.39 is 62.7 Å². The molecule has 14 heteroatoms. The van der Waals surface area contributed by atoms with Crippen LogP contribution in [0.2, 0.25) is 0 Å². The standard InChI is InChI=1S/C23H26N2O10S2/c1-14(26)34-22-21(18-8-15(10-24)6-7-19(18)35-23(22,2)3)25-11-17(13-33-37(5,30)31)16(9-20(25)27)12-32-36(4,28)29/h6-9,11,21-22H,12-13H2,1-5H3/t21-,22+/m1/s1. The van der Waals surface area contributed by atoms with Crippen molar-refractivity contribution in [2.75, 3.05) is 12.5 Å². The van der Waals surface area contributed by atoms with Crippen molar-refractivity contribution in [3.8, 4) is 11.8 Å². The molecule has 3 rings (SSSR count). The van der Waals surface area contributed by atoms with Crippen LogP contribution in [0.4, 0.5) is 0 Å². The Hall–Kier alpha value is -3.25. The fourth-order valence-corrected chi connectivity index (χ4v) is 4.64. The molecular weight excluding hydrogens is 528 g/mol. The predicted molar refractivity (Wildman–Crippen MR) is 130 cm³/mol. The van der Waals surface area contributed by atoms with Gasteiger partial charge in [0.05, 0.1) is 37.4 Å². The molecule has 0 N–H and O–H groups in total. The maximum atomic E-state index is 13.4. The van der Waals surface area contributed by atoms with Gasteiger partial charge in [0.1, 0.15) is 17.4 Å². The quantitative estimate of drug-likeness (QED) is 0.341. The molecule has 2 heterocycles. The van der Waals surface area contributed by atoms with E-state index in [-0.39, 0.29) is 16.7 Å². The van der Waals surface area contributed by atoms with Gasteiger partial charge in [0.2, 0.25) is 0 Å². The number of ether oxygens (including phenoxy) is 2. The monoisotopic (exact) mass is 554 g/mol. The van der Waals surface area contributed by atoms with Crippen LogP contribution in [0.3, 0.4) is 0 Å². The van der Waals surface area contributed by atoms with Gasteiger partial charge in [-0.1, -0.05) is 0 Å². The topological polar surface area (TPSA) is 168 Å². The van der Waals surface area contributed by atoms with E-state index >= 15 is 0 Å². The summed E-state index contributed by atoms with van der Waals surface area (Å²) in [5, 5.41) is 9.43. The Morgan fingerprint density at radius 1 is 1.08 bits per heavy atom. The van der Waals surface area contributed by atoms with Crippen molar-refractivity contribution in [1.82, 2.24) is 4.57 Å². The number of hydrogen-bond acceptors (Lipinski definition) is 11. The molecule has 12 nitrogen and oxygen atoms in total. The average molecular weight is 555 g/mol. The summed E-state index contributed by atoms with van der Waals surface area (Å²) in [4.78, 5) is 25.4. The third kappa shape index (κ3) is 6.95. The molecule has 1 aromatic heterocycles. The van der Waals surface area contributed by atoms with Crippen LogP contribution in [0.25, 0.3) is 0 Å². The van der Waals surface area contributed by atoms with Gasteiger partial charge in [-0.3, -0.25) is 18.0 Å². The first kappa shape index (κ1) is 28.3. The summed E-state index contributed by atoms with van der Waals surface area (Å²) >= 11 is 0. The van der Waals surface area contributed by atoms with Crippen molar-refractivity contribution in [3.05, 3.63) is 63.1 Å². The Bertz CT molecular complexity index is 1540. The van der Waals surface area contributed by atoms with Gasteiger partial charge in [-0.15, -0.1) is 0 Å². The van der Waals surface area contributed by atoms with Gasteiger partial charge in [0.15, 0.2) is 6.10 Å². The molecule has 2 atom stereocenters. The fourth-order valence-electron chi connectivity index (χ4n) is 3.96. The number of esters is 1. The molecule has 0 spiro atoms. The van der Waals surface area contributed by atoms with Gasteiger partial charge < -0.3 is 14.0 Å². The van der Waals surface area contributed by atoms with Crippen LogP contribution in [-0.2, 0) is 51.3 Å². The lowest BCUT2D eigenvalue weighted by molar-refractivity contribution is -0.163. The second-order valence-corrected chi connectivity index (χ2v) is 12.3. The fraction of sp³-hybridized carbons (Fsp3) is 0.435. The highest BCUT2D eigenvalue weighted by atomic mass is 32.2. The number of benzene rings is 1. The second kappa shape index (κ2) is 10.3. The molecule has 1 aliphatic heterocycles. The van der Waals surface area contributed by atoms with E-state index in [1.54, 1.807) is 19.9 Å². The molecule has 2 aromatic rings. The number of hydrogen-bond donors (Lipinski definition) is 0. The smallest absolute Gasteiger partial charge is 0.303 e. The number of carbonyl (C=O) groups excluding carboxylic acids is 1. The minimum atomic E-state index is -3.91. The van der Waals surface area contributed by atoms with Crippen LogP contribution in [0.1, 0.15) is 49.1 Å². The third-order valence-corrected chi connectivity index (χ3v) is 6.60. The first-order valence-corrected chi connectivity index (χ1v) is 14.5. The first-order chi connectivity index (χ1) is 17.0. The summed E-state index contributed by atoms with van der Waals surface area (Å²) in [6.45, 7) is 3.47. The Morgan fingerprint density at radius 3 is 2.22 bits per heavy atom. The molecular formula is C23H26N2O10S2. The van der Waals surface area contributed by atoms with Crippen molar-refractivity contribution in [2.45, 2.75) is 51.7 Å². The molecule has 0 saturated heterocycles. The van der Waals surface area contributed by atoms with E-state index in [2.05, 4.69) is 0 Å². The van der Waals surface area contributed by atoms with Gasteiger partial charge in [-0.25, -0.2) is 0 Å². The van der Waals surface area contributed by atoms with Crippen molar-refractivity contribution in [3.63, 3.8) is 0 Å². The molecule has 1 aromatic carbocycles. The lowest BCUT2D eigenvalue weighted by Gasteiger charge is -2.44. The lowest BCUT2D eigenvalue weighted by atomic mass is 9.85. The number of nitriles is 1. The van der Waals surface area contributed by atoms with Crippen molar-refractivity contribution >= 4 is 26.2 Å². The second-order valence-electron chi connectivity index (χ2n) is 9.05. The molecule has 200 valence electrons. The number of aromatic nitrogens is 1. The van der Waals surface area contributed by atoms with Crippen LogP contribution >= 0.6 is 0 Å². The van der Waals surface area contributed by atoms with E-state index in [9.17, 15) is 31.7 Å². The predicted octanol–water partition coefficient (Wildman–Crippen LogP) is 1.36. The van der Waals surface area contributed by atoms with Crippen molar-refractivity contribution in [1.29, 1.82) is 5.26 Å². The molecule has 0 radical (unpaired) electrons. The molecule has 0 aliphatic carbocycles. The Kier molecular flexibility index (Phi) is 7.85. The molecule has 0 fully saturated rings. The highest BCUT2D eigenvalue weighted by Gasteiger charge is 2.47. The lowest BCUT2D eigenvalue weighted by Crippen LogP contribution is -2.54. The summed E-state index contributed by atoms with van der Waals surface area (Å²) in [7, 11) is -7.79. The zero-order valence-corrected chi connectivity index (χ0v) is 22.4. The summed E-state index contributed by atoms with van der Waals surface area (Å²) < 4.78 is 68.9. The minimum absolute atomic E-state index is 0.0803. The van der Waals surface area contributed by atoms with Crippen LogP contribution in [0, 0.1) is 11.3 Å². The van der Waals surface area contributed by atoms with Crippen LogP contribution < -0.4 is 10.3 Å². The molecule has 37 heavy (non-hydrogen) atoms. The van der Waals surface area contributed by atoms with E-state index in [1.807, 2.05) is 6.07 Å². The molecule has 0 amide bonds. The highest BCUT2D eigenvalue weighted by Crippen LogP contribution is 2.43. The number of carbonyl (C=O) groups is 1. The number of nitrogens with zero attached hydrogens (tertiary/aromatic N) is 2. The van der Waals surface area contributed by atoms with Gasteiger partial charge in [0, 0.05) is 30.3 Å². The number of rotatable bonds is 8. The Morgan fingerprint density at radius 2 is 1.68 bits per heavy atom. The Balaban J connectivity index is 2.27. The van der Waals surface area contributed by atoms with Crippen molar-refractivity contribution < 1.29 is 39.5 Å². The van der Waals surface area contributed by atoms with Crippen LogP contribution in [0.5, 0.6) is 5.75 Å². The van der Waals surface area contributed by atoms with Crippen molar-refractivity contribution in [2.24, 2.45) is 0 Å². The van der Waals surface area contributed by atoms with Crippen LogP contribution in [-0.4, -0.2) is 51.6 Å². The molecule has 0 saturated carbocycles. The SMILES string of the molecule is CC(=O)O[C@H]1[C@H](n2cc(COS(C)(=O)=O)c(COS(C)(=O)=O)cc2=O)c2cc(C#N)ccc2OC1(C)C. The largest absolute Gasteiger partial charge is 0.484 e. The van der Waals surface area contributed by atoms with E-state index in [4.69, 9.17) is 17.8 Å². The molecule has 1 aliphatic rings. The van der Waals surface area contributed by atoms with Gasteiger partial charge >= 0.3 is 5.97 Å². The summed E-state index contributed by atoms with van der Waals surface area (Å²) in [6, 6.07) is 6.73. The number of fused-ring (bicyclic) bond motifs is 1. The summed E-state index contributed by atoms with van der Waals surface area (Å²) in [5.74, 6) is -0.291. The van der Waals surface area contributed by atoms with Crippen LogP contribution in [0.15, 0.2) is 35.3 Å². The summed E-state index contributed by atoms with van der Waals surface area (Å²) in [5.41, 5.74) is -0.904. The zero-order chi connectivity index (χ0) is 27.8. The van der Waals surface area contributed by atoms with Gasteiger partial charge in [0.25, 0.3) is 25.8 Å². The highest BCUT2D eigenvalue weighted by molar-refractivity contribution is 7.86. The van der Waals surface area contributed by atoms with E-state index in [0.717, 1.165) is 18.6 Å². The van der Waals surface area contributed by atoms with E-state index in [1.165, 1.54) is 29.8 Å². The third-order valence-electron chi connectivity index (χ3n) is 5.51. The van der Waals surface area contributed by atoms with E-state index in [0.29, 0.717) is 11.3 Å². The Labute approximate surface area is 214 Å². The normalized spacial score (nSPS) is 18.8. The molecule has 0 bridgehead atoms. The van der Waals surface area contributed by atoms with Gasteiger partial charge in [-0.2, -0.15) is 22.1 Å². The average Bonchev–Trinajstić information content (AvgIpc) is 2.76. The maximum absolute atomic E-state index is 13.4. The maximum Gasteiger partial charge on any atom is 0.303 e. The number of pyridine rings is 1. The first-order valence-electron chi connectivity index (χ1n) is 10.8. The minimum Gasteiger partial charge on any atom is -0.484 e. The molecule has 0 unspecified atom stereocenters. The summed E-state index contributed by atoms with van der Waals surface area (Å²) in [6.07, 6.45) is 1.91. The van der Waals surface area contributed by atoms with Gasteiger partial charge in [-0.05, 0) is 37.6 Å².